The monoisotopic (exact) mass is 407 g/mol. The quantitative estimate of drug-likeness (QED) is 0.201. The number of amidine groups is 1. The SMILES string of the molecule is C=CCO/N=C(\N=c1sc(C)c(C)n1CCCC)c1cc(Cl)ccc1OC. The molecule has 0 radical (unpaired) electrons. The molecule has 0 aliphatic heterocycles. The molecule has 2 aromatic rings. The zero-order valence-corrected chi connectivity index (χ0v) is 17.9. The van der Waals surface area contributed by atoms with Crippen LogP contribution < -0.4 is 9.54 Å². The number of aryl methyl sites for hydroxylation is 1. The van der Waals surface area contributed by atoms with Gasteiger partial charge in [-0.05, 0) is 38.5 Å². The maximum absolute atomic E-state index is 6.20. The number of ether oxygens (including phenoxy) is 1. The van der Waals surface area contributed by atoms with E-state index in [4.69, 9.17) is 26.2 Å². The minimum absolute atomic E-state index is 0.292. The molecule has 0 N–H and O–H groups in total. The highest BCUT2D eigenvalue weighted by Crippen LogP contribution is 2.24. The molecule has 1 aromatic heterocycles. The Hall–Kier alpha value is -2.05. The summed E-state index contributed by atoms with van der Waals surface area (Å²) in [4.78, 5) is 12.3. The van der Waals surface area contributed by atoms with Gasteiger partial charge in [-0.1, -0.05) is 42.8 Å². The van der Waals surface area contributed by atoms with Crippen LogP contribution in [0.5, 0.6) is 5.75 Å². The largest absolute Gasteiger partial charge is 0.496 e. The summed E-state index contributed by atoms with van der Waals surface area (Å²) in [5.41, 5.74) is 1.90. The first-order valence-electron chi connectivity index (χ1n) is 8.88. The van der Waals surface area contributed by atoms with Crippen molar-refractivity contribution in [2.45, 2.75) is 40.2 Å². The summed E-state index contributed by atoms with van der Waals surface area (Å²) < 4.78 is 7.70. The molecular formula is C20H26ClN3O2S. The highest BCUT2D eigenvalue weighted by molar-refractivity contribution is 7.09. The average Bonchev–Trinajstić information content (AvgIpc) is 2.92. The van der Waals surface area contributed by atoms with E-state index < -0.39 is 0 Å². The second kappa shape index (κ2) is 10.3. The van der Waals surface area contributed by atoms with Crippen LogP contribution in [0, 0.1) is 13.8 Å². The van der Waals surface area contributed by atoms with Gasteiger partial charge in [-0.3, -0.25) is 0 Å². The minimum Gasteiger partial charge on any atom is -0.496 e. The van der Waals surface area contributed by atoms with E-state index in [-0.39, 0.29) is 0 Å². The average molecular weight is 408 g/mol. The summed E-state index contributed by atoms with van der Waals surface area (Å²) in [5.74, 6) is 1.05. The molecule has 1 heterocycles. The lowest BCUT2D eigenvalue weighted by Gasteiger charge is -2.09. The van der Waals surface area contributed by atoms with E-state index in [9.17, 15) is 0 Å². The molecule has 0 aliphatic carbocycles. The minimum atomic E-state index is 0.292. The Morgan fingerprint density at radius 1 is 1.37 bits per heavy atom. The van der Waals surface area contributed by atoms with Crippen molar-refractivity contribution in [3.05, 3.63) is 56.8 Å². The van der Waals surface area contributed by atoms with Crippen LogP contribution in [0.2, 0.25) is 5.02 Å². The number of hydrogen-bond acceptors (Lipinski definition) is 4. The van der Waals surface area contributed by atoms with Crippen molar-refractivity contribution >= 4 is 28.8 Å². The van der Waals surface area contributed by atoms with Gasteiger partial charge in [-0.2, -0.15) is 4.99 Å². The number of aromatic nitrogens is 1. The van der Waals surface area contributed by atoms with E-state index in [1.165, 1.54) is 10.6 Å². The van der Waals surface area contributed by atoms with Crippen molar-refractivity contribution in [1.82, 2.24) is 4.57 Å². The van der Waals surface area contributed by atoms with Gasteiger partial charge in [0, 0.05) is 22.1 Å². The highest BCUT2D eigenvalue weighted by atomic mass is 35.5. The van der Waals surface area contributed by atoms with Gasteiger partial charge in [0.25, 0.3) is 0 Å². The van der Waals surface area contributed by atoms with E-state index in [1.54, 1.807) is 42.7 Å². The van der Waals surface area contributed by atoms with Gasteiger partial charge in [0.15, 0.2) is 4.80 Å². The molecule has 7 heteroatoms. The molecule has 0 fully saturated rings. The molecule has 0 atom stereocenters. The fraction of sp³-hybridized carbons (Fsp3) is 0.400. The lowest BCUT2D eigenvalue weighted by atomic mass is 10.2. The number of unbranched alkanes of at least 4 members (excludes halogenated alkanes) is 1. The number of oxime groups is 1. The second-order valence-corrected chi connectivity index (χ2v) is 7.61. The topological polar surface area (TPSA) is 48.1 Å². The van der Waals surface area contributed by atoms with Crippen LogP contribution in [-0.2, 0) is 11.4 Å². The van der Waals surface area contributed by atoms with Crippen LogP contribution in [0.1, 0.15) is 35.9 Å². The molecule has 0 amide bonds. The van der Waals surface area contributed by atoms with Crippen molar-refractivity contribution < 1.29 is 9.57 Å². The molecule has 0 unspecified atom stereocenters. The van der Waals surface area contributed by atoms with E-state index in [0.29, 0.717) is 28.8 Å². The normalized spacial score (nSPS) is 12.3. The van der Waals surface area contributed by atoms with E-state index in [2.05, 4.69) is 37.1 Å². The number of halogens is 1. The lowest BCUT2D eigenvalue weighted by Crippen LogP contribution is -2.19. The first-order chi connectivity index (χ1) is 13.0. The third-order valence-corrected chi connectivity index (χ3v) is 5.40. The Morgan fingerprint density at radius 2 is 2.15 bits per heavy atom. The van der Waals surface area contributed by atoms with Crippen molar-refractivity contribution in [1.29, 1.82) is 0 Å². The Balaban J connectivity index is 2.62. The van der Waals surface area contributed by atoms with E-state index in [1.807, 2.05) is 0 Å². The Bertz CT molecular complexity index is 884. The van der Waals surface area contributed by atoms with Crippen LogP contribution >= 0.6 is 22.9 Å². The van der Waals surface area contributed by atoms with Crippen LogP contribution in [0.4, 0.5) is 0 Å². The molecule has 27 heavy (non-hydrogen) atoms. The maximum Gasteiger partial charge on any atom is 0.205 e. The summed E-state index contributed by atoms with van der Waals surface area (Å²) in [6.45, 7) is 11.3. The summed E-state index contributed by atoms with van der Waals surface area (Å²) in [7, 11) is 1.61. The predicted octanol–water partition coefficient (Wildman–Crippen LogP) is 5.09. The summed E-state index contributed by atoms with van der Waals surface area (Å²) in [5, 5.41) is 4.80. The number of methoxy groups -OCH3 is 1. The third-order valence-electron chi connectivity index (χ3n) is 4.07. The van der Waals surface area contributed by atoms with E-state index in [0.717, 1.165) is 24.2 Å². The summed E-state index contributed by atoms with van der Waals surface area (Å²) >= 11 is 7.84. The second-order valence-electron chi connectivity index (χ2n) is 5.99. The number of benzene rings is 1. The van der Waals surface area contributed by atoms with Gasteiger partial charge in [0.2, 0.25) is 5.84 Å². The smallest absolute Gasteiger partial charge is 0.205 e. The van der Waals surface area contributed by atoms with Crippen molar-refractivity contribution in [2.24, 2.45) is 10.1 Å². The fourth-order valence-corrected chi connectivity index (χ4v) is 3.66. The van der Waals surface area contributed by atoms with Gasteiger partial charge < -0.3 is 14.1 Å². The Labute approximate surface area is 169 Å². The molecule has 1 aromatic carbocycles. The molecule has 0 bridgehead atoms. The van der Waals surface area contributed by atoms with Gasteiger partial charge in [-0.15, -0.1) is 11.3 Å². The number of nitrogens with zero attached hydrogens (tertiary/aromatic N) is 3. The Kier molecular flexibility index (Phi) is 8.13. The van der Waals surface area contributed by atoms with Crippen LogP contribution in [0.15, 0.2) is 41.0 Å². The first kappa shape index (κ1) is 21.3. The molecule has 5 nitrogen and oxygen atoms in total. The van der Waals surface area contributed by atoms with Gasteiger partial charge in [0.1, 0.15) is 12.4 Å². The van der Waals surface area contributed by atoms with Gasteiger partial charge >= 0.3 is 0 Å². The van der Waals surface area contributed by atoms with E-state index >= 15 is 0 Å². The fourth-order valence-electron chi connectivity index (χ4n) is 2.49. The zero-order valence-electron chi connectivity index (χ0n) is 16.3. The maximum atomic E-state index is 6.20. The lowest BCUT2D eigenvalue weighted by molar-refractivity contribution is 0.174. The predicted molar refractivity (Wildman–Crippen MR) is 113 cm³/mol. The molecule has 0 spiro atoms. The molecular weight excluding hydrogens is 382 g/mol. The zero-order chi connectivity index (χ0) is 19.8. The van der Waals surface area contributed by atoms with Crippen molar-refractivity contribution in [3.63, 3.8) is 0 Å². The summed E-state index contributed by atoms with van der Waals surface area (Å²) in [6.07, 6.45) is 3.84. The molecule has 2 rings (SSSR count). The number of rotatable bonds is 8. The van der Waals surface area contributed by atoms with Gasteiger partial charge in [-0.25, -0.2) is 0 Å². The standard InChI is InChI=1S/C20H26ClN3O2S/c1-6-8-11-24-14(3)15(4)27-20(24)22-19(23-26-12-7-2)17-13-16(21)9-10-18(17)25-5/h7,9-10,13H,2,6,8,11-12H2,1,3-5H3/b22-20?,23-19-. The van der Waals surface area contributed by atoms with Crippen LogP contribution in [0.25, 0.3) is 0 Å². The van der Waals surface area contributed by atoms with Crippen molar-refractivity contribution in [2.75, 3.05) is 13.7 Å². The molecule has 0 saturated heterocycles. The molecule has 146 valence electrons. The third kappa shape index (κ3) is 5.47. The molecule has 0 aliphatic rings. The number of thiazole rings is 1. The number of hydrogen-bond donors (Lipinski definition) is 0. The molecule has 0 saturated carbocycles. The highest BCUT2D eigenvalue weighted by Gasteiger charge is 2.14. The van der Waals surface area contributed by atoms with Crippen LogP contribution in [-0.4, -0.2) is 24.1 Å². The Morgan fingerprint density at radius 3 is 2.81 bits per heavy atom. The van der Waals surface area contributed by atoms with Crippen molar-refractivity contribution in [3.8, 4) is 5.75 Å². The summed E-state index contributed by atoms with van der Waals surface area (Å²) in [6, 6.07) is 5.35. The first-order valence-corrected chi connectivity index (χ1v) is 10.1. The van der Waals surface area contributed by atoms with Crippen LogP contribution in [0.3, 0.4) is 0 Å². The van der Waals surface area contributed by atoms with Gasteiger partial charge in [0.05, 0.1) is 12.7 Å².